The van der Waals surface area contributed by atoms with Crippen LogP contribution in [-0.2, 0) is 9.59 Å². The van der Waals surface area contributed by atoms with Crippen LogP contribution in [0.4, 0.5) is 0 Å². The van der Waals surface area contributed by atoms with Crippen molar-refractivity contribution in [3.63, 3.8) is 0 Å². The Balaban J connectivity index is 3.89. The van der Waals surface area contributed by atoms with E-state index in [0.717, 1.165) is 0 Å². The maximum absolute atomic E-state index is 10.3. The third kappa shape index (κ3) is 6.77. The second-order valence-corrected chi connectivity index (χ2v) is 4.18. The summed E-state index contributed by atoms with van der Waals surface area (Å²) in [5, 5.41) is 17.0. The van der Waals surface area contributed by atoms with Gasteiger partial charge in [0.25, 0.3) is 0 Å². The van der Waals surface area contributed by atoms with E-state index in [9.17, 15) is 9.59 Å². The Hall–Kier alpha value is -0.710. The van der Waals surface area contributed by atoms with E-state index in [2.05, 4.69) is 12.6 Å². The third-order valence-electron chi connectivity index (χ3n) is 2.14. The third-order valence-corrected chi connectivity index (χ3v) is 2.56. The van der Waals surface area contributed by atoms with E-state index in [0.29, 0.717) is 12.8 Å². The van der Waals surface area contributed by atoms with E-state index in [1.165, 1.54) is 0 Å². The van der Waals surface area contributed by atoms with Crippen molar-refractivity contribution >= 4 is 24.6 Å². The van der Waals surface area contributed by atoms with Gasteiger partial charge in [-0.3, -0.25) is 9.59 Å². The highest BCUT2D eigenvalue weighted by molar-refractivity contribution is 7.80. The molecule has 1 atom stereocenters. The number of carboxylic acid groups (broad SMARTS) is 2. The highest BCUT2D eigenvalue weighted by atomic mass is 32.1. The monoisotopic (exact) mass is 220 g/mol. The van der Waals surface area contributed by atoms with Crippen molar-refractivity contribution in [2.24, 2.45) is 5.92 Å². The first-order chi connectivity index (χ1) is 6.43. The van der Waals surface area contributed by atoms with Crippen LogP contribution in [0.5, 0.6) is 0 Å². The molecule has 4 nitrogen and oxygen atoms in total. The fourth-order valence-corrected chi connectivity index (χ4v) is 1.54. The minimum absolute atomic E-state index is 0.0358. The molecule has 0 aromatic heterocycles. The summed E-state index contributed by atoms with van der Waals surface area (Å²) in [6.07, 6.45) is 1.14. The van der Waals surface area contributed by atoms with Crippen molar-refractivity contribution in [1.29, 1.82) is 0 Å². The van der Waals surface area contributed by atoms with Crippen LogP contribution in [0.3, 0.4) is 0 Å². The van der Waals surface area contributed by atoms with E-state index < -0.39 is 11.9 Å². The lowest BCUT2D eigenvalue weighted by atomic mass is 9.94. The molecule has 0 aromatic rings. The molecule has 5 heteroatoms. The molecule has 0 fully saturated rings. The van der Waals surface area contributed by atoms with Gasteiger partial charge in [-0.05, 0) is 18.8 Å². The van der Waals surface area contributed by atoms with Crippen LogP contribution in [0.1, 0.15) is 32.6 Å². The van der Waals surface area contributed by atoms with Gasteiger partial charge < -0.3 is 10.2 Å². The highest BCUT2D eigenvalue weighted by Gasteiger charge is 2.16. The molecule has 0 rings (SSSR count). The Labute approximate surface area is 88.7 Å². The van der Waals surface area contributed by atoms with Crippen LogP contribution in [0.2, 0.25) is 0 Å². The average molecular weight is 220 g/mol. The van der Waals surface area contributed by atoms with Crippen LogP contribution in [0.25, 0.3) is 0 Å². The molecule has 0 amide bonds. The van der Waals surface area contributed by atoms with Gasteiger partial charge in [-0.15, -0.1) is 0 Å². The molecule has 0 saturated heterocycles. The number of thiol groups is 1. The zero-order valence-corrected chi connectivity index (χ0v) is 9.04. The van der Waals surface area contributed by atoms with E-state index in [1.54, 1.807) is 0 Å². The lowest BCUT2D eigenvalue weighted by molar-refractivity contribution is -0.137. The summed E-state index contributed by atoms with van der Waals surface area (Å²) < 4.78 is 0. The Morgan fingerprint density at radius 2 is 1.50 bits per heavy atom. The normalized spacial score (nSPS) is 12.8. The molecule has 0 spiro atoms. The molecule has 2 N–H and O–H groups in total. The van der Waals surface area contributed by atoms with E-state index >= 15 is 0 Å². The zero-order valence-electron chi connectivity index (χ0n) is 8.14. The van der Waals surface area contributed by atoms with E-state index in [1.807, 2.05) is 6.92 Å². The molecule has 0 bridgehead atoms. The summed E-state index contributed by atoms with van der Waals surface area (Å²) in [7, 11) is 0. The Bertz CT molecular complexity index is 185. The number of hydrogen-bond acceptors (Lipinski definition) is 3. The molecule has 0 aliphatic carbocycles. The molecule has 0 aliphatic heterocycles. The zero-order chi connectivity index (χ0) is 11.1. The van der Waals surface area contributed by atoms with Gasteiger partial charge in [-0.1, -0.05) is 6.92 Å². The standard InChI is InChI=1S/C9H16O4S/c1-6(14)7(2-4-8(10)11)3-5-9(12)13/h6-7,14H,2-5H2,1H3,(H,10,11)(H,12,13). The van der Waals surface area contributed by atoms with Crippen molar-refractivity contribution in [1.82, 2.24) is 0 Å². The second kappa shape index (κ2) is 6.70. The highest BCUT2D eigenvalue weighted by Crippen LogP contribution is 2.21. The van der Waals surface area contributed by atoms with E-state index in [-0.39, 0.29) is 24.0 Å². The Morgan fingerprint density at radius 1 is 1.14 bits per heavy atom. The average Bonchev–Trinajstić information content (AvgIpc) is 2.02. The number of carbonyl (C=O) groups is 2. The van der Waals surface area contributed by atoms with Crippen LogP contribution in [0.15, 0.2) is 0 Å². The molecule has 0 saturated carbocycles. The lowest BCUT2D eigenvalue weighted by Gasteiger charge is -2.18. The van der Waals surface area contributed by atoms with Gasteiger partial charge in [0.1, 0.15) is 0 Å². The molecule has 0 heterocycles. The maximum atomic E-state index is 10.3. The quantitative estimate of drug-likeness (QED) is 0.570. The van der Waals surface area contributed by atoms with Crippen molar-refractivity contribution in [2.45, 2.75) is 37.9 Å². The Kier molecular flexibility index (Phi) is 6.36. The first-order valence-electron chi connectivity index (χ1n) is 4.55. The van der Waals surface area contributed by atoms with E-state index in [4.69, 9.17) is 10.2 Å². The number of carboxylic acids is 2. The largest absolute Gasteiger partial charge is 0.481 e. The van der Waals surface area contributed by atoms with Gasteiger partial charge in [0.2, 0.25) is 0 Å². The van der Waals surface area contributed by atoms with Crippen LogP contribution < -0.4 is 0 Å². The lowest BCUT2D eigenvalue weighted by Crippen LogP contribution is -2.15. The molecular weight excluding hydrogens is 204 g/mol. The minimum Gasteiger partial charge on any atom is -0.481 e. The van der Waals surface area contributed by atoms with Crippen LogP contribution >= 0.6 is 12.6 Å². The van der Waals surface area contributed by atoms with Crippen LogP contribution in [0, 0.1) is 5.92 Å². The minimum atomic E-state index is -0.848. The molecule has 0 aromatic carbocycles. The molecule has 1 unspecified atom stereocenters. The number of aliphatic carboxylic acids is 2. The molecule has 0 aliphatic rings. The fraction of sp³-hybridized carbons (Fsp3) is 0.778. The van der Waals surface area contributed by atoms with Gasteiger partial charge in [0, 0.05) is 18.1 Å². The number of rotatable bonds is 7. The van der Waals surface area contributed by atoms with Crippen molar-refractivity contribution in [3.8, 4) is 0 Å². The van der Waals surface area contributed by atoms with Crippen LogP contribution in [-0.4, -0.2) is 27.4 Å². The van der Waals surface area contributed by atoms with Gasteiger partial charge in [-0.2, -0.15) is 12.6 Å². The SMILES string of the molecule is CC(S)C(CCC(=O)O)CCC(=O)O. The summed E-state index contributed by atoms with van der Waals surface area (Å²) in [4.78, 5) is 20.6. The topological polar surface area (TPSA) is 74.6 Å². The molecular formula is C9H16O4S. The van der Waals surface area contributed by atoms with Gasteiger partial charge in [-0.25, -0.2) is 0 Å². The van der Waals surface area contributed by atoms with Crippen molar-refractivity contribution in [3.05, 3.63) is 0 Å². The molecule has 14 heavy (non-hydrogen) atoms. The smallest absolute Gasteiger partial charge is 0.303 e. The Morgan fingerprint density at radius 3 is 1.71 bits per heavy atom. The first-order valence-corrected chi connectivity index (χ1v) is 5.06. The van der Waals surface area contributed by atoms with Gasteiger partial charge >= 0.3 is 11.9 Å². The fourth-order valence-electron chi connectivity index (χ4n) is 1.24. The summed E-state index contributed by atoms with van der Waals surface area (Å²) >= 11 is 4.21. The summed E-state index contributed by atoms with van der Waals surface area (Å²) in [5.41, 5.74) is 0. The predicted octanol–water partition coefficient (Wildman–Crippen LogP) is 1.65. The van der Waals surface area contributed by atoms with Crippen molar-refractivity contribution in [2.75, 3.05) is 0 Å². The van der Waals surface area contributed by atoms with Gasteiger partial charge in [0.15, 0.2) is 0 Å². The second-order valence-electron chi connectivity index (χ2n) is 3.37. The number of hydrogen-bond donors (Lipinski definition) is 3. The van der Waals surface area contributed by atoms with Gasteiger partial charge in [0.05, 0.1) is 0 Å². The molecule has 82 valence electrons. The predicted molar refractivity (Wildman–Crippen MR) is 55.7 cm³/mol. The molecule has 0 radical (unpaired) electrons. The first kappa shape index (κ1) is 13.3. The summed E-state index contributed by atoms with van der Waals surface area (Å²) in [5.74, 6) is -1.64. The maximum Gasteiger partial charge on any atom is 0.303 e. The van der Waals surface area contributed by atoms with Crippen molar-refractivity contribution < 1.29 is 19.8 Å². The summed E-state index contributed by atoms with van der Waals surface area (Å²) in [6.45, 7) is 1.86. The summed E-state index contributed by atoms with van der Waals surface area (Å²) in [6, 6.07) is 0.